The smallest absolute Gasteiger partial charge is 0.240 e. The van der Waals surface area contributed by atoms with Crippen molar-refractivity contribution in [3.63, 3.8) is 0 Å². The van der Waals surface area contributed by atoms with Gasteiger partial charge in [0, 0.05) is 25.3 Å². The minimum absolute atomic E-state index is 0.0218. The van der Waals surface area contributed by atoms with Crippen molar-refractivity contribution in [2.45, 2.75) is 30.8 Å². The molecule has 1 saturated carbocycles. The van der Waals surface area contributed by atoms with Gasteiger partial charge in [0.1, 0.15) is 5.82 Å². The van der Waals surface area contributed by atoms with Crippen LogP contribution in [0.1, 0.15) is 19.3 Å². The summed E-state index contributed by atoms with van der Waals surface area (Å²) in [6.45, 7) is 1.58. The topological polar surface area (TPSA) is 71.2 Å². The number of aromatic nitrogens is 1. The predicted octanol–water partition coefficient (Wildman–Crippen LogP) is 0.921. The van der Waals surface area contributed by atoms with Gasteiger partial charge in [-0.25, -0.2) is 4.98 Å². The van der Waals surface area contributed by atoms with Gasteiger partial charge in [0.25, 0.3) is 0 Å². The molecule has 1 amide bonds. The number of rotatable bonds is 3. The lowest BCUT2D eigenvalue weighted by Gasteiger charge is -2.19. The molecule has 5 nitrogen and oxygen atoms in total. The minimum atomic E-state index is -0.601. The Balaban J connectivity index is 1.61. The molecule has 6 heteroatoms. The summed E-state index contributed by atoms with van der Waals surface area (Å²) in [7, 11) is 0. The number of hydrogen-bond donors (Lipinski definition) is 2. The second-order valence-corrected chi connectivity index (χ2v) is 5.78. The van der Waals surface area contributed by atoms with Crippen LogP contribution in [0.2, 0.25) is 5.02 Å². The van der Waals surface area contributed by atoms with Crippen molar-refractivity contribution in [2.24, 2.45) is 5.73 Å². The maximum atomic E-state index is 11.9. The molecular formula is C13H17ClN4O. The van der Waals surface area contributed by atoms with E-state index in [1.54, 1.807) is 6.20 Å². The Labute approximate surface area is 117 Å². The Morgan fingerprint density at radius 3 is 3.05 bits per heavy atom. The van der Waals surface area contributed by atoms with Crippen LogP contribution in [-0.4, -0.2) is 35.6 Å². The van der Waals surface area contributed by atoms with Gasteiger partial charge >= 0.3 is 0 Å². The lowest BCUT2D eigenvalue weighted by molar-refractivity contribution is -0.123. The van der Waals surface area contributed by atoms with Crippen LogP contribution in [0, 0.1) is 0 Å². The van der Waals surface area contributed by atoms with Crippen LogP contribution in [0.25, 0.3) is 0 Å². The number of nitrogens with one attached hydrogen (secondary N) is 1. The Morgan fingerprint density at radius 1 is 1.58 bits per heavy atom. The molecule has 1 saturated heterocycles. The van der Waals surface area contributed by atoms with Gasteiger partial charge in [-0.15, -0.1) is 0 Å². The van der Waals surface area contributed by atoms with Crippen LogP contribution < -0.4 is 16.0 Å². The zero-order valence-corrected chi connectivity index (χ0v) is 11.4. The van der Waals surface area contributed by atoms with Crippen molar-refractivity contribution in [3.8, 4) is 0 Å². The second kappa shape index (κ2) is 4.65. The molecule has 19 heavy (non-hydrogen) atoms. The van der Waals surface area contributed by atoms with E-state index >= 15 is 0 Å². The molecule has 1 aromatic heterocycles. The van der Waals surface area contributed by atoms with E-state index in [9.17, 15) is 4.79 Å². The lowest BCUT2D eigenvalue weighted by atomic mass is 10.2. The van der Waals surface area contributed by atoms with Gasteiger partial charge in [-0.05, 0) is 31.4 Å². The summed E-state index contributed by atoms with van der Waals surface area (Å²) < 4.78 is 0. The highest BCUT2D eigenvalue weighted by Gasteiger charge is 2.46. The predicted molar refractivity (Wildman–Crippen MR) is 74.2 cm³/mol. The molecule has 2 heterocycles. The van der Waals surface area contributed by atoms with E-state index in [1.807, 2.05) is 12.1 Å². The van der Waals surface area contributed by atoms with Gasteiger partial charge in [0.2, 0.25) is 5.91 Å². The van der Waals surface area contributed by atoms with Gasteiger partial charge in [-0.2, -0.15) is 0 Å². The third-order valence-electron chi connectivity index (χ3n) is 3.80. The van der Waals surface area contributed by atoms with Crippen molar-refractivity contribution >= 4 is 23.3 Å². The summed E-state index contributed by atoms with van der Waals surface area (Å²) in [4.78, 5) is 18.3. The molecule has 1 aliphatic carbocycles. The summed E-state index contributed by atoms with van der Waals surface area (Å²) in [5.41, 5.74) is 5.28. The first-order valence-corrected chi connectivity index (χ1v) is 6.92. The quantitative estimate of drug-likeness (QED) is 0.864. The van der Waals surface area contributed by atoms with Crippen molar-refractivity contribution in [1.82, 2.24) is 10.3 Å². The highest BCUT2D eigenvalue weighted by molar-refractivity contribution is 6.32. The van der Waals surface area contributed by atoms with Gasteiger partial charge in [-0.3, -0.25) is 4.79 Å². The Kier molecular flexibility index (Phi) is 3.11. The monoisotopic (exact) mass is 280 g/mol. The molecule has 3 N–H and O–H groups in total. The van der Waals surface area contributed by atoms with Crippen LogP contribution in [0.3, 0.4) is 0 Å². The molecule has 1 aromatic rings. The second-order valence-electron chi connectivity index (χ2n) is 5.37. The molecule has 102 valence electrons. The normalized spacial score (nSPS) is 24.3. The standard InChI is InChI=1S/C13H17ClN4O/c14-10-2-1-6-16-11(10)18-7-3-9(8-18)17-12(19)13(15)4-5-13/h1-2,6,9H,3-5,7-8,15H2,(H,17,19). The minimum Gasteiger partial charge on any atom is -0.353 e. The molecule has 2 aliphatic rings. The van der Waals surface area contributed by atoms with E-state index in [-0.39, 0.29) is 11.9 Å². The Bertz CT molecular complexity index is 503. The van der Waals surface area contributed by atoms with Crippen LogP contribution >= 0.6 is 11.6 Å². The third kappa shape index (κ3) is 2.53. The maximum Gasteiger partial charge on any atom is 0.240 e. The number of anilines is 1. The molecular weight excluding hydrogens is 264 g/mol. The molecule has 2 fully saturated rings. The van der Waals surface area contributed by atoms with E-state index in [2.05, 4.69) is 15.2 Å². The molecule has 0 bridgehead atoms. The fourth-order valence-electron chi connectivity index (χ4n) is 2.37. The van der Waals surface area contributed by atoms with Gasteiger partial charge in [0.15, 0.2) is 0 Å². The largest absolute Gasteiger partial charge is 0.353 e. The van der Waals surface area contributed by atoms with Crippen LogP contribution in [0.5, 0.6) is 0 Å². The number of carbonyl (C=O) groups excluding carboxylic acids is 1. The van der Waals surface area contributed by atoms with E-state index in [0.29, 0.717) is 5.02 Å². The summed E-state index contributed by atoms with van der Waals surface area (Å²) in [5.74, 6) is 0.765. The first-order chi connectivity index (χ1) is 9.08. The van der Waals surface area contributed by atoms with Gasteiger partial charge < -0.3 is 16.0 Å². The summed E-state index contributed by atoms with van der Waals surface area (Å²) in [6.07, 6.45) is 4.21. The van der Waals surface area contributed by atoms with Crippen LogP contribution in [0.15, 0.2) is 18.3 Å². The molecule has 0 radical (unpaired) electrons. The molecule has 1 unspecified atom stereocenters. The fraction of sp³-hybridized carbons (Fsp3) is 0.538. The summed E-state index contributed by atoms with van der Waals surface area (Å²) in [5, 5.41) is 3.67. The van der Waals surface area contributed by atoms with Crippen molar-refractivity contribution in [2.75, 3.05) is 18.0 Å². The molecule has 1 atom stereocenters. The molecule has 3 rings (SSSR count). The SMILES string of the molecule is NC1(C(=O)NC2CCN(c3ncccc3Cl)C2)CC1. The first kappa shape index (κ1) is 12.7. The van der Waals surface area contributed by atoms with E-state index < -0.39 is 5.54 Å². The fourth-order valence-corrected chi connectivity index (χ4v) is 2.61. The zero-order valence-electron chi connectivity index (χ0n) is 10.6. The number of amides is 1. The van der Waals surface area contributed by atoms with Crippen molar-refractivity contribution in [3.05, 3.63) is 23.4 Å². The third-order valence-corrected chi connectivity index (χ3v) is 4.10. The Hall–Kier alpha value is -1.33. The maximum absolute atomic E-state index is 11.9. The number of hydrogen-bond acceptors (Lipinski definition) is 4. The van der Waals surface area contributed by atoms with Crippen molar-refractivity contribution < 1.29 is 4.79 Å². The van der Waals surface area contributed by atoms with Crippen molar-refractivity contribution in [1.29, 1.82) is 0 Å². The van der Waals surface area contributed by atoms with E-state index in [1.165, 1.54) is 0 Å². The first-order valence-electron chi connectivity index (χ1n) is 6.54. The number of nitrogens with zero attached hydrogens (tertiary/aromatic N) is 2. The van der Waals surface area contributed by atoms with E-state index in [0.717, 1.165) is 38.2 Å². The summed E-state index contributed by atoms with van der Waals surface area (Å²) >= 11 is 6.13. The number of pyridine rings is 1. The number of nitrogens with two attached hydrogens (primary N) is 1. The zero-order chi connectivity index (χ0) is 13.5. The molecule has 1 aliphatic heterocycles. The summed E-state index contributed by atoms with van der Waals surface area (Å²) in [6, 6.07) is 3.77. The van der Waals surface area contributed by atoms with Crippen LogP contribution in [0.4, 0.5) is 5.82 Å². The highest BCUT2D eigenvalue weighted by Crippen LogP contribution is 2.33. The number of carbonyl (C=O) groups is 1. The number of halogens is 1. The van der Waals surface area contributed by atoms with Gasteiger partial charge in [0.05, 0.1) is 10.6 Å². The lowest BCUT2D eigenvalue weighted by Crippen LogP contribution is -2.48. The average molecular weight is 281 g/mol. The van der Waals surface area contributed by atoms with Gasteiger partial charge in [-0.1, -0.05) is 11.6 Å². The molecule has 0 aromatic carbocycles. The highest BCUT2D eigenvalue weighted by atomic mass is 35.5. The van der Waals surface area contributed by atoms with Crippen LogP contribution in [-0.2, 0) is 4.79 Å². The Morgan fingerprint density at radius 2 is 2.37 bits per heavy atom. The molecule has 0 spiro atoms. The average Bonchev–Trinajstić information content (AvgIpc) is 2.98. The van der Waals surface area contributed by atoms with E-state index in [4.69, 9.17) is 17.3 Å².